The molecule has 1 heterocycles. The predicted octanol–water partition coefficient (Wildman–Crippen LogP) is 2.13. The van der Waals surface area contributed by atoms with Gasteiger partial charge in [0.2, 0.25) is 0 Å². The average Bonchev–Trinajstić information content (AvgIpc) is 3.00. The molecule has 4 heteroatoms. The minimum absolute atomic E-state index is 0.172. The fourth-order valence-electron chi connectivity index (χ4n) is 1.67. The second-order valence-corrected chi connectivity index (χ2v) is 5.76. The number of hydrogen-bond donors (Lipinski definition) is 2. The minimum Gasteiger partial charge on any atom is -0.395 e. The quantitative estimate of drug-likeness (QED) is 0.800. The largest absolute Gasteiger partial charge is 0.395 e. The normalized spacial score (nSPS) is 18.0. The van der Waals surface area contributed by atoms with Gasteiger partial charge in [-0.25, -0.2) is 4.98 Å². The Balaban J connectivity index is 1.83. The standard InChI is InChI=1S/C12H20N2OS/c1-8(2)11(6-15)13-5-10-7-16-12(14-10)9-3-4-9/h7-9,11,13,15H,3-6H2,1-2H3/t11-/m1/s1. The maximum atomic E-state index is 9.20. The van der Waals surface area contributed by atoms with E-state index in [9.17, 15) is 5.11 Å². The van der Waals surface area contributed by atoms with Crippen molar-refractivity contribution in [3.63, 3.8) is 0 Å². The Kier molecular flexibility index (Phi) is 3.95. The third-order valence-electron chi connectivity index (χ3n) is 3.04. The molecular formula is C12H20N2OS. The molecule has 1 aliphatic carbocycles. The molecule has 3 nitrogen and oxygen atoms in total. The first-order valence-corrected chi connectivity index (χ1v) is 6.87. The fraction of sp³-hybridized carbons (Fsp3) is 0.750. The molecule has 0 unspecified atom stereocenters. The number of thiazole rings is 1. The number of nitrogens with zero attached hydrogens (tertiary/aromatic N) is 1. The molecule has 1 aromatic rings. The van der Waals surface area contributed by atoms with E-state index in [0.717, 1.165) is 18.2 Å². The molecule has 0 aliphatic heterocycles. The van der Waals surface area contributed by atoms with Gasteiger partial charge in [0.15, 0.2) is 0 Å². The van der Waals surface area contributed by atoms with Crippen LogP contribution >= 0.6 is 11.3 Å². The van der Waals surface area contributed by atoms with Crippen LogP contribution in [0.15, 0.2) is 5.38 Å². The van der Waals surface area contributed by atoms with Gasteiger partial charge in [-0.15, -0.1) is 11.3 Å². The van der Waals surface area contributed by atoms with E-state index in [2.05, 4.69) is 29.5 Å². The van der Waals surface area contributed by atoms with Gasteiger partial charge < -0.3 is 10.4 Å². The van der Waals surface area contributed by atoms with Crippen molar-refractivity contribution in [3.8, 4) is 0 Å². The number of aromatic nitrogens is 1. The summed E-state index contributed by atoms with van der Waals surface area (Å²) in [5.41, 5.74) is 1.12. The topological polar surface area (TPSA) is 45.1 Å². The molecule has 0 radical (unpaired) electrons. The van der Waals surface area contributed by atoms with E-state index < -0.39 is 0 Å². The first-order chi connectivity index (χ1) is 7.70. The van der Waals surface area contributed by atoms with Gasteiger partial charge in [-0.3, -0.25) is 0 Å². The van der Waals surface area contributed by atoms with Crippen molar-refractivity contribution >= 4 is 11.3 Å². The molecule has 2 N–H and O–H groups in total. The van der Waals surface area contributed by atoms with E-state index in [4.69, 9.17) is 0 Å². The highest BCUT2D eigenvalue weighted by Crippen LogP contribution is 2.41. The average molecular weight is 240 g/mol. The molecule has 0 spiro atoms. The molecule has 1 aromatic heterocycles. The van der Waals surface area contributed by atoms with Crippen LogP contribution in [-0.2, 0) is 6.54 Å². The molecule has 0 aromatic carbocycles. The van der Waals surface area contributed by atoms with Crippen LogP contribution in [0.25, 0.3) is 0 Å². The lowest BCUT2D eigenvalue weighted by atomic mass is 10.1. The van der Waals surface area contributed by atoms with Crippen LogP contribution in [0.5, 0.6) is 0 Å². The third-order valence-corrected chi connectivity index (χ3v) is 4.10. The van der Waals surface area contributed by atoms with Gasteiger partial charge in [-0.2, -0.15) is 0 Å². The van der Waals surface area contributed by atoms with Crippen molar-refractivity contribution in [3.05, 3.63) is 16.1 Å². The van der Waals surface area contributed by atoms with Crippen LogP contribution in [0.2, 0.25) is 0 Å². The number of aliphatic hydroxyl groups is 1. The van der Waals surface area contributed by atoms with E-state index in [1.807, 2.05) is 0 Å². The van der Waals surface area contributed by atoms with Crippen LogP contribution in [0.4, 0.5) is 0 Å². The van der Waals surface area contributed by atoms with Crippen LogP contribution in [0.3, 0.4) is 0 Å². The highest BCUT2D eigenvalue weighted by atomic mass is 32.1. The maximum absolute atomic E-state index is 9.20. The van der Waals surface area contributed by atoms with Gasteiger partial charge >= 0.3 is 0 Å². The second-order valence-electron chi connectivity index (χ2n) is 4.87. The number of rotatable bonds is 6. The Bertz CT molecular complexity index is 334. The molecule has 0 saturated heterocycles. The summed E-state index contributed by atoms with van der Waals surface area (Å²) in [4.78, 5) is 4.61. The van der Waals surface area contributed by atoms with Gasteiger partial charge in [0.05, 0.1) is 17.3 Å². The van der Waals surface area contributed by atoms with E-state index in [1.54, 1.807) is 11.3 Å². The van der Waals surface area contributed by atoms with Crippen molar-refractivity contribution in [2.24, 2.45) is 5.92 Å². The number of aliphatic hydroxyl groups excluding tert-OH is 1. The van der Waals surface area contributed by atoms with E-state index in [0.29, 0.717) is 5.92 Å². The number of nitrogens with one attached hydrogen (secondary N) is 1. The first kappa shape index (κ1) is 12.0. The summed E-state index contributed by atoms with van der Waals surface area (Å²) in [6.45, 7) is 5.19. The Labute approximate surface area is 101 Å². The first-order valence-electron chi connectivity index (χ1n) is 5.99. The van der Waals surface area contributed by atoms with E-state index in [1.165, 1.54) is 17.8 Å². The molecule has 2 rings (SSSR count). The van der Waals surface area contributed by atoms with Gasteiger partial charge in [0.1, 0.15) is 0 Å². The lowest BCUT2D eigenvalue weighted by Crippen LogP contribution is -2.36. The summed E-state index contributed by atoms with van der Waals surface area (Å²) in [5, 5.41) is 16.0. The maximum Gasteiger partial charge on any atom is 0.0959 e. The smallest absolute Gasteiger partial charge is 0.0959 e. The summed E-state index contributed by atoms with van der Waals surface area (Å²) in [6, 6.07) is 0.172. The molecule has 1 aliphatic rings. The minimum atomic E-state index is 0.172. The van der Waals surface area contributed by atoms with Crippen molar-refractivity contribution in [2.75, 3.05) is 6.61 Å². The molecule has 1 saturated carbocycles. The van der Waals surface area contributed by atoms with Gasteiger partial charge in [0.25, 0.3) is 0 Å². The highest BCUT2D eigenvalue weighted by molar-refractivity contribution is 7.09. The summed E-state index contributed by atoms with van der Waals surface area (Å²) in [6.07, 6.45) is 2.62. The zero-order valence-electron chi connectivity index (χ0n) is 9.94. The summed E-state index contributed by atoms with van der Waals surface area (Å²) < 4.78 is 0. The lowest BCUT2D eigenvalue weighted by Gasteiger charge is -2.19. The Morgan fingerprint density at radius 3 is 2.88 bits per heavy atom. The van der Waals surface area contributed by atoms with Crippen LogP contribution in [0, 0.1) is 5.92 Å². The Morgan fingerprint density at radius 1 is 1.56 bits per heavy atom. The van der Waals surface area contributed by atoms with Crippen molar-refractivity contribution in [1.29, 1.82) is 0 Å². The molecule has 0 bridgehead atoms. The van der Waals surface area contributed by atoms with E-state index >= 15 is 0 Å². The summed E-state index contributed by atoms with van der Waals surface area (Å²) in [5.74, 6) is 1.20. The van der Waals surface area contributed by atoms with Gasteiger partial charge in [-0.05, 0) is 18.8 Å². The Morgan fingerprint density at radius 2 is 2.31 bits per heavy atom. The molecule has 1 atom stereocenters. The molecule has 0 amide bonds. The lowest BCUT2D eigenvalue weighted by molar-refractivity contribution is 0.210. The van der Waals surface area contributed by atoms with Crippen LogP contribution in [-0.4, -0.2) is 22.7 Å². The number of hydrogen-bond acceptors (Lipinski definition) is 4. The zero-order valence-corrected chi connectivity index (χ0v) is 10.8. The van der Waals surface area contributed by atoms with Crippen LogP contribution in [0.1, 0.15) is 43.3 Å². The third kappa shape index (κ3) is 3.03. The molecule has 90 valence electrons. The van der Waals surface area contributed by atoms with Crippen LogP contribution < -0.4 is 5.32 Å². The van der Waals surface area contributed by atoms with E-state index in [-0.39, 0.29) is 12.6 Å². The Hall–Kier alpha value is -0.450. The van der Waals surface area contributed by atoms with Gasteiger partial charge in [0, 0.05) is 23.9 Å². The summed E-state index contributed by atoms with van der Waals surface area (Å²) in [7, 11) is 0. The fourth-order valence-corrected chi connectivity index (χ4v) is 2.66. The van der Waals surface area contributed by atoms with Crippen molar-refractivity contribution < 1.29 is 5.11 Å². The molecule has 16 heavy (non-hydrogen) atoms. The summed E-state index contributed by atoms with van der Waals surface area (Å²) >= 11 is 1.77. The van der Waals surface area contributed by atoms with Crippen molar-refractivity contribution in [2.45, 2.75) is 45.2 Å². The van der Waals surface area contributed by atoms with Gasteiger partial charge in [-0.1, -0.05) is 13.8 Å². The molecular weight excluding hydrogens is 220 g/mol. The highest BCUT2D eigenvalue weighted by Gasteiger charge is 2.26. The zero-order chi connectivity index (χ0) is 11.5. The predicted molar refractivity (Wildman–Crippen MR) is 66.6 cm³/mol. The van der Waals surface area contributed by atoms with Crippen molar-refractivity contribution in [1.82, 2.24) is 10.3 Å². The SMILES string of the molecule is CC(C)[C@@H](CO)NCc1csc(C2CC2)n1. The monoisotopic (exact) mass is 240 g/mol. The second kappa shape index (κ2) is 5.25. The molecule has 1 fully saturated rings.